The van der Waals surface area contributed by atoms with E-state index in [0.29, 0.717) is 40.3 Å². The predicted octanol–water partition coefficient (Wildman–Crippen LogP) is 6.09. The molecule has 1 saturated heterocycles. The Morgan fingerprint density at radius 3 is 2.78 bits per heavy atom. The normalized spacial score (nSPS) is 16.0. The van der Waals surface area contributed by atoms with Crippen LogP contribution in [0.25, 0.3) is 22.3 Å². The number of aryl methyl sites for hydroxylation is 2. The molecular formula is C28H32N4O4. The van der Waals surface area contributed by atoms with Gasteiger partial charge in [0.15, 0.2) is 5.65 Å². The Morgan fingerprint density at radius 1 is 1.22 bits per heavy atom. The highest BCUT2D eigenvalue weighted by Crippen LogP contribution is 2.31. The Hall–Kier alpha value is -3.65. The summed E-state index contributed by atoms with van der Waals surface area (Å²) in [6.07, 6.45) is 5.01. The molecule has 4 aromatic rings. The van der Waals surface area contributed by atoms with Gasteiger partial charge in [0.25, 0.3) is 5.91 Å². The van der Waals surface area contributed by atoms with Crippen molar-refractivity contribution < 1.29 is 18.7 Å². The van der Waals surface area contributed by atoms with Crippen LogP contribution in [0.4, 0.5) is 5.69 Å². The molecule has 1 N–H and O–H groups in total. The van der Waals surface area contributed by atoms with Gasteiger partial charge in [-0.2, -0.15) is 5.10 Å². The quantitative estimate of drug-likeness (QED) is 0.338. The molecule has 0 saturated carbocycles. The van der Waals surface area contributed by atoms with Gasteiger partial charge in [-0.25, -0.2) is 9.67 Å². The molecule has 0 spiro atoms. The van der Waals surface area contributed by atoms with Crippen molar-refractivity contribution in [2.75, 3.05) is 18.5 Å². The Bertz CT molecular complexity index is 1380. The van der Waals surface area contributed by atoms with E-state index in [1.807, 2.05) is 62.7 Å². The van der Waals surface area contributed by atoms with Crippen molar-refractivity contribution in [2.24, 2.45) is 0 Å². The van der Waals surface area contributed by atoms with Gasteiger partial charge in [0.05, 0.1) is 34.6 Å². The number of aromatic nitrogens is 3. The summed E-state index contributed by atoms with van der Waals surface area (Å²) in [7, 11) is 0. The van der Waals surface area contributed by atoms with Crippen molar-refractivity contribution in [3.63, 3.8) is 0 Å². The van der Waals surface area contributed by atoms with Crippen molar-refractivity contribution in [1.82, 2.24) is 14.8 Å². The fourth-order valence-electron chi connectivity index (χ4n) is 4.61. The van der Waals surface area contributed by atoms with Crippen LogP contribution in [0.1, 0.15) is 61.0 Å². The van der Waals surface area contributed by atoms with Crippen molar-refractivity contribution in [3.8, 4) is 17.0 Å². The second-order valence-corrected chi connectivity index (χ2v) is 9.55. The van der Waals surface area contributed by atoms with E-state index in [9.17, 15) is 4.79 Å². The van der Waals surface area contributed by atoms with Crippen LogP contribution in [0.3, 0.4) is 0 Å². The van der Waals surface area contributed by atoms with Gasteiger partial charge in [-0.05, 0) is 71.2 Å². The summed E-state index contributed by atoms with van der Waals surface area (Å²) in [5.74, 6) is 1.91. The SMILES string of the molecule is Cc1cc(-c2cc(C(=O)Nc3ccccc3OCC3CCCCO3)c3cnn(C(C)C)c3n2)c(C)o1. The second-order valence-electron chi connectivity index (χ2n) is 9.55. The Balaban J connectivity index is 1.48. The van der Waals surface area contributed by atoms with Crippen LogP contribution in [-0.2, 0) is 4.74 Å². The van der Waals surface area contributed by atoms with E-state index < -0.39 is 0 Å². The first-order chi connectivity index (χ1) is 17.4. The number of anilines is 1. The topological polar surface area (TPSA) is 91.4 Å². The van der Waals surface area contributed by atoms with Crippen molar-refractivity contribution >= 4 is 22.6 Å². The maximum Gasteiger partial charge on any atom is 0.256 e. The van der Waals surface area contributed by atoms with Gasteiger partial charge in [0.2, 0.25) is 0 Å². The molecule has 1 fully saturated rings. The van der Waals surface area contributed by atoms with Gasteiger partial charge in [0, 0.05) is 18.2 Å². The third kappa shape index (κ3) is 4.86. The van der Waals surface area contributed by atoms with Gasteiger partial charge in [-0.3, -0.25) is 4.79 Å². The van der Waals surface area contributed by atoms with Crippen LogP contribution in [-0.4, -0.2) is 40.0 Å². The van der Waals surface area contributed by atoms with Crippen molar-refractivity contribution in [2.45, 2.75) is 59.1 Å². The Labute approximate surface area is 210 Å². The number of nitrogens with zero attached hydrogens (tertiary/aromatic N) is 3. The molecule has 1 atom stereocenters. The van der Waals surface area contributed by atoms with E-state index in [0.717, 1.165) is 43.0 Å². The molecule has 1 aliphatic rings. The fraction of sp³-hybridized carbons (Fsp3) is 0.393. The van der Waals surface area contributed by atoms with Crippen LogP contribution in [0, 0.1) is 13.8 Å². The van der Waals surface area contributed by atoms with Crippen molar-refractivity contribution in [1.29, 1.82) is 0 Å². The third-order valence-corrected chi connectivity index (χ3v) is 6.45. The molecule has 1 amide bonds. The molecule has 8 nitrogen and oxygen atoms in total. The average molecular weight is 489 g/mol. The first kappa shape index (κ1) is 24.1. The van der Waals surface area contributed by atoms with Crippen LogP contribution < -0.4 is 10.1 Å². The van der Waals surface area contributed by atoms with Crippen LogP contribution >= 0.6 is 0 Å². The largest absolute Gasteiger partial charge is 0.489 e. The number of nitrogens with one attached hydrogen (secondary N) is 1. The van der Waals surface area contributed by atoms with Crippen LogP contribution in [0.15, 0.2) is 47.0 Å². The highest BCUT2D eigenvalue weighted by Gasteiger charge is 2.22. The smallest absolute Gasteiger partial charge is 0.256 e. The summed E-state index contributed by atoms with van der Waals surface area (Å²) >= 11 is 0. The molecule has 0 bridgehead atoms. The molecule has 0 aliphatic carbocycles. The summed E-state index contributed by atoms with van der Waals surface area (Å²) in [6, 6.07) is 11.3. The zero-order valence-corrected chi connectivity index (χ0v) is 21.2. The molecule has 1 unspecified atom stereocenters. The lowest BCUT2D eigenvalue weighted by Crippen LogP contribution is -2.26. The van der Waals surface area contributed by atoms with Gasteiger partial charge in [-0.15, -0.1) is 0 Å². The molecule has 3 aromatic heterocycles. The third-order valence-electron chi connectivity index (χ3n) is 6.45. The molecular weight excluding hydrogens is 456 g/mol. The van der Waals surface area contributed by atoms with E-state index in [1.165, 1.54) is 0 Å². The number of carbonyl (C=O) groups is 1. The summed E-state index contributed by atoms with van der Waals surface area (Å²) in [4.78, 5) is 18.5. The minimum Gasteiger partial charge on any atom is -0.489 e. The zero-order valence-electron chi connectivity index (χ0n) is 21.2. The molecule has 1 aliphatic heterocycles. The molecule has 36 heavy (non-hydrogen) atoms. The lowest BCUT2D eigenvalue weighted by molar-refractivity contribution is -0.0109. The standard InChI is InChI=1S/C28H32N4O4/c1-17(2)32-27-23(15-29-32)22(14-25(30-27)21-13-18(3)36-19(21)4)28(33)31-24-10-5-6-11-26(24)35-16-20-9-7-8-12-34-20/h5-6,10-11,13-15,17,20H,7-9,12,16H2,1-4H3,(H,31,33). The van der Waals surface area contributed by atoms with Gasteiger partial charge in [0.1, 0.15) is 23.9 Å². The van der Waals surface area contributed by atoms with E-state index >= 15 is 0 Å². The number of benzene rings is 1. The lowest BCUT2D eigenvalue weighted by Gasteiger charge is -2.23. The van der Waals surface area contributed by atoms with Gasteiger partial charge >= 0.3 is 0 Å². The summed E-state index contributed by atoms with van der Waals surface area (Å²) < 4.78 is 19.4. The minimum absolute atomic E-state index is 0.0772. The number of fused-ring (bicyclic) bond motifs is 1. The van der Waals surface area contributed by atoms with Gasteiger partial charge < -0.3 is 19.2 Å². The maximum absolute atomic E-state index is 13.7. The first-order valence-electron chi connectivity index (χ1n) is 12.5. The summed E-state index contributed by atoms with van der Waals surface area (Å²) in [5.41, 5.74) is 3.28. The van der Waals surface area contributed by atoms with Crippen molar-refractivity contribution in [3.05, 3.63) is 59.7 Å². The molecule has 188 valence electrons. The zero-order chi connectivity index (χ0) is 25.2. The number of ether oxygens (including phenoxy) is 2. The number of hydrogen-bond acceptors (Lipinski definition) is 6. The van der Waals surface area contributed by atoms with Crippen LogP contribution in [0.2, 0.25) is 0 Å². The number of amides is 1. The molecule has 1 aromatic carbocycles. The number of furan rings is 1. The van der Waals surface area contributed by atoms with Crippen LogP contribution in [0.5, 0.6) is 5.75 Å². The minimum atomic E-state index is -0.255. The number of hydrogen-bond donors (Lipinski definition) is 1. The second kappa shape index (κ2) is 10.1. The monoisotopic (exact) mass is 488 g/mol. The Kier molecular flexibility index (Phi) is 6.78. The van der Waals surface area contributed by atoms with E-state index in [2.05, 4.69) is 10.4 Å². The molecule has 0 radical (unpaired) electrons. The number of rotatable bonds is 7. The maximum atomic E-state index is 13.7. The van der Waals surface area contributed by atoms with E-state index in [-0.39, 0.29) is 18.1 Å². The lowest BCUT2D eigenvalue weighted by atomic mass is 10.1. The van der Waals surface area contributed by atoms with E-state index in [4.69, 9.17) is 18.9 Å². The van der Waals surface area contributed by atoms with Gasteiger partial charge in [-0.1, -0.05) is 12.1 Å². The predicted molar refractivity (Wildman–Crippen MR) is 139 cm³/mol. The highest BCUT2D eigenvalue weighted by atomic mass is 16.5. The Morgan fingerprint density at radius 2 is 2.06 bits per heavy atom. The number of pyridine rings is 1. The number of para-hydroxylation sites is 2. The van der Waals surface area contributed by atoms with E-state index in [1.54, 1.807) is 12.3 Å². The summed E-state index contributed by atoms with van der Waals surface area (Å²) in [5, 5.41) is 8.26. The molecule has 5 rings (SSSR count). The summed E-state index contributed by atoms with van der Waals surface area (Å²) in [6.45, 7) is 9.10. The first-order valence-corrected chi connectivity index (χ1v) is 12.5. The molecule has 8 heteroatoms. The average Bonchev–Trinajstić information content (AvgIpc) is 3.45. The molecule has 4 heterocycles. The highest BCUT2D eigenvalue weighted by molar-refractivity contribution is 6.13. The number of carbonyl (C=O) groups excluding carboxylic acids is 1. The fourth-order valence-corrected chi connectivity index (χ4v) is 4.61.